The third-order valence-electron chi connectivity index (χ3n) is 4.28. The van der Waals surface area contributed by atoms with Crippen LogP contribution in [-0.4, -0.2) is 26.3 Å². The molecule has 2 heteroatoms. The normalized spacial score (nSPS) is 36.2. The van der Waals surface area contributed by atoms with Crippen LogP contribution in [0.2, 0.25) is 0 Å². The van der Waals surface area contributed by atoms with Gasteiger partial charge in [0.25, 0.3) is 0 Å². The highest BCUT2D eigenvalue weighted by Gasteiger charge is 2.31. The number of hydrogen-bond donors (Lipinski definition) is 1. The van der Waals surface area contributed by atoms with Crippen LogP contribution in [0.1, 0.15) is 44.9 Å². The van der Waals surface area contributed by atoms with E-state index in [1.54, 1.807) is 7.11 Å². The highest BCUT2D eigenvalue weighted by Crippen LogP contribution is 2.40. The molecule has 2 rings (SSSR count). The van der Waals surface area contributed by atoms with Crippen molar-refractivity contribution < 1.29 is 4.74 Å². The van der Waals surface area contributed by atoms with Gasteiger partial charge in [0.15, 0.2) is 0 Å². The quantitative estimate of drug-likeness (QED) is 0.722. The summed E-state index contributed by atoms with van der Waals surface area (Å²) in [6, 6.07) is 0.777. The van der Waals surface area contributed by atoms with Crippen molar-refractivity contribution in [2.24, 2.45) is 11.8 Å². The van der Waals surface area contributed by atoms with Crippen LogP contribution in [0.15, 0.2) is 0 Å². The highest BCUT2D eigenvalue weighted by atomic mass is 16.5. The summed E-state index contributed by atoms with van der Waals surface area (Å²) in [6.07, 6.45) is 10.3. The molecular formula is C13H25NO. The SMILES string of the molecule is COCCNC1CCC2CCCCC2C1. The molecule has 0 saturated heterocycles. The molecular weight excluding hydrogens is 186 g/mol. The van der Waals surface area contributed by atoms with Crippen LogP contribution >= 0.6 is 0 Å². The summed E-state index contributed by atoms with van der Waals surface area (Å²) in [5.41, 5.74) is 0. The van der Waals surface area contributed by atoms with E-state index in [0.29, 0.717) is 0 Å². The van der Waals surface area contributed by atoms with Crippen molar-refractivity contribution in [1.82, 2.24) is 5.32 Å². The number of rotatable bonds is 4. The second kappa shape index (κ2) is 5.86. The first-order valence-corrected chi connectivity index (χ1v) is 6.62. The molecule has 3 unspecified atom stereocenters. The molecule has 0 aliphatic heterocycles. The van der Waals surface area contributed by atoms with Gasteiger partial charge in [-0.25, -0.2) is 0 Å². The van der Waals surface area contributed by atoms with E-state index in [4.69, 9.17) is 4.74 Å². The highest BCUT2D eigenvalue weighted by molar-refractivity contribution is 4.85. The van der Waals surface area contributed by atoms with Gasteiger partial charge in [0.2, 0.25) is 0 Å². The van der Waals surface area contributed by atoms with Gasteiger partial charge in [0.05, 0.1) is 6.61 Å². The van der Waals surface area contributed by atoms with Crippen molar-refractivity contribution in [1.29, 1.82) is 0 Å². The first-order chi connectivity index (χ1) is 7.40. The van der Waals surface area contributed by atoms with Gasteiger partial charge in [-0.05, 0) is 31.1 Å². The zero-order chi connectivity index (χ0) is 10.5. The molecule has 1 N–H and O–H groups in total. The molecule has 0 amide bonds. The molecule has 2 aliphatic rings. The lowest BCUT2D eigenvalue weighted by molar-refractivity contribution is 0.135. The third-order valence-corrected chi connectivity index (χ3v) is 4.28. The summed E-state index contributed by atoms with van der Waals surface area (Å²) in [4.78, 5) is 0. The number of hydrogen-bond acceptors (Lipinski definition) is 2. The van der Waals surface area contributed by atoms with Gasteiger partial charge in [0.1, 0.15) is 0 Å². The Bertz CT molecular complexity index is 181. The number of nitrogens with one attached hydrogen (secondary N) is 1. The standard InChI is InChI=1S/C13H25NO/c1-15-9-8-14-13-7-6-11-4-2-3-5-12(11)10-13/h11-14H,2-10H2,1H3. The minimum atomic E-state index is 0.777. The van der Waals surface area contributed by atoms with Crippen LogP contribution < -0.4 is 5.32 Å². The van der Waals surface area contributed by atoms with E-state index >= 15 is 0 Å². The van der Waals surface area contributed by atoms with Crippen LogP contribution in [0.3, 0.4) is 0 Å². The summed E-state index contributed by atoms with van der Waals surface area (Å²) in [6.45, 7) is 1.88. The van der Waals surface area contributed by atoms with E-state index in [1.165, 1.54) is 44.9 Å². The maximum absolute atomic E-state index is 5.08. The lowest BCUT2D eigenvalue weighted by Gasteiger charge is -2.39. The van der Waals surface area contributed by atoms with E-state index in [2.05, 4.69) is 5.32 Å². The molecule has 0 bridgehead atoms. The lowest BCUT2D eigenvalue weighted by atomic mass is 9.69. The molecule has 0 aromatic carbocycles. The van der Waals surface area contributed by atoms with Crippen LogP contribution in [0.25, 0.3) is 0 Å². The lowest BCUT2D eigenvalue weighted by Crippen LogP contribution is -2.39. The number of fused-ring (bicyclic) bond motifs is 1. The van der Waals surface area contributed by atoms with Crippen LogP contribution in [0, 0.1) is 11.8 Å². The van der Waals surface area contributed by atoms with Gasteiger partial charge >= 0.3 is 0 Å². The van der Waals surface area contributed by atoms with Crippen LogP contribution in [0.5, 0.6) is 0 Å². The Morgan fingerprint density at radius 1 is 1.07 bits per heavy atom. The molecule has 2 fully saturated rings. The Morgan fingerprint density at radius 3 is 2.67 bits per heavy atom. The van der Waals surface area contributed by atoms with Crippen molar-refractivity contribution in [3.05, 3.63) is 0 Å². The summed E-state index contributed by atoms with van der Waals surface area (Å²) < 4.78 is 5.08. The predicted molar refractivity (Wildman–Crippen MR) is 63.0 cm³/mol. The number of ether oxygens (including phenoxy) is 1. The Morgan fingerprint density at radius 2 is 1.87 bits per heavy atom. The van der Waals surface area contributed by atoms with Crippen LogP contribution in [0.4, 0.5) is 0 Å². The minimum Gasteiger partial charge on any atom is -0.383 e. The van der Waals surface area contributed by atoms with E-state index in [1.807, 2.05) is 0 Å². The number of methoxy groups -OCH3 is 1. The Kier molecular flexibility index (Phi) is 4.45. The topological polar surface area (TPSA) is 21.3 Å². The molecule has 0 spiro atoms. The largest absolute Gasteiger partial charge is 0.383 e. The van der Waals surface area contributed by atoms with E-state index in [-0.39, 0.29) is 0 Å². The molecule has 15 heavy (non-hydrogen) atoms. The van der Waals surface area contributed by atoms with Gasteiger partial charge in [-0.1, -0.05) is 25.7 Å². The molecule has 2 aliphatic carbocycles. The van der Waals surface area contributed by atoms with Crippen molar-refractivity contribution in [3.8, 4) is 0 Å². The summed E-state index contributed by atoms with van der Waals surface area (Å²) >= 11 is 0. The minimum absolute atomic E-state index is 0.777. The molecule has 3 atom stereocenters. The second-order valence-corrected chi connectivity index (χ2v) is 5.26. The summed E-state index contributed by atoms with van der Waals surface area (Å²) in [5.74, 6) is 2.10. The molecule has 88 valence electrons. The average molecular weight is 211 g/mol. The smallest absolute Gasteiger partial charge is 0.0587 e. The van der Waals surface area contributed by atoms with Gasteiger partial charge in [0, 0.05) is 19.7 Å². The molecule has 0 heterocycles. The maximum Gasteiger partial charge on any atom is 0.0587 e. The predicted octanol–water partition coefficient (Wildman–Crippen LogP) is 2.58. The molecule has 0 aromatic rings. The fraction of sp³-hybridized carbons (Fsp3) is 1.00. The molecule has 2 saturated carbocycles. The first kappa shape index (κ1) is 11.4. The monoisotopic (exact) mass is 211 g/mol. The molecule has 0 aromatic heterocycles. The summed E-state index contributed by atoms with van der Waals surface area (Å²) in [5, 5.41) is 3.63. The van der Waals surface area contributed by atoms with Gasteiger partial charge < -0.3 is 10.1 Å². The first-order valence-electron chi connectivity index (χ1n) is 6.62. The van der Waals surface area contributed by atoms with Crippen molar-refractivity contribution in [2.75, 3.05) is 20.3 Å². The van der Waals surface area contributed by atoms with Gasteiger partial charge in [-0.2, -0.15) is 0 Å². The Labute approximate surface area is 93.8 Å². The average Bonchev–Trinajstić information content (AvgIpc) is 2.29. The summed E-state index contributed by atoms with van der Waals surface area (Å²) in [7, 11) is 1.78. The second-order valence-electron chi connectivity index (χ2n) is 5.26. The van der Waals surface area contributed by atoms with E-state index in [9.17, 15) is 0 Å². The van der Waals surface area contributed by atoms with Crippen molar-refractivity contribution in [2.45, 2.75) is 51.0 Å². The van der Waals surface area contributed by atoms with Crippen molar-refractivity contribution in [3.63, 3.8) is 0 Å². The molecule has 2 nitrogen and oxygen atoms in total. The van der Waals surface area contributed by atoms with E-state index < -0.39 is 0 Å². The van der Waals surface area contributed by atoms with E-state index in [0.717, 1.165) is 31.0 Å². The zero-order valence-electron chi connectivity index (χ0n) is 10.0. The maximum atomic E-state index is 5.08. The molecule has 0 radical (unpaired) electrons. The zero-order valence-corrected chi connectivity index (χ0v) is 10.0. The Hall–Kier alpha value is -0.0800. The van der Waals surface area contributed by atoms with Crippen LogP contribution in [-0.2, 0) is 4.74 Å². The third kappa shape index (κ3) is 3.18. The van der Waals surface area contributed by atoms with Gasteiger partial charge in [-0.3, -0.25) is 0 Å². The van der Waals surface area contributed by atoms with Gasteiger partial charge in [-0.15, -0.1) is 0 Å². The fourth-order valence-electron chi connectivity index (χ4n) is 3.42. The fourth-order valence-corrected chi connectivity index (χ4v) is 3.42. The van der Waals surface area contributed by atoms with Crippen molar-refractivity contribution >= 4 is 0 Å². The Balaban J connectivity index is 1.71.